The van der Waals surface area contributed by atoms with Gasteiger partial charge in [0, 0.05) is 50.0 Å². The zero-order valence-corrected chi connectivity index (χ0v) is 16.8. The third-order valence-electron chi connectivity index (χ3n) is 4.63. The van der Waals surface area contributed by atoms with Crippen LogP contribution in [0.3, 0.4) is 0 Å². The van der Waals surface area contributed by atoms with Crippen molar-refractivity contribution in [1.29, 1.82) is 0 Å². The highest BCUT2D eigenvalue weighted by Gasteiger charge is 2.22. The Morgan fingerprint density at radius 3 is 2.35 bits per heavy atom. The Morgan fingerprint density at radius 2 is 1.81 bits per heavy atom. The van der Waals surface area contributed by atoms with Crippen molar-refractivity contribution >= 4 is 32.3 Å². The van der Waals surface area contributed by atoms with Crippen molar-refractivity contribution in [2.45, 2.75) is 37.6 Å². The summed E-state index contributed by atoms with van der Waals surface area (Å²) in [6.45, 7) is 7.39. The Kier molecular flexibility index (Phi) is 6.10. The molecule has 0 unspecified atom stereocenters. The fourth-order valence-electron chi connectivity index (χ4n) is 2.96. The normalized spacial score (nSPS) is 15.7. The summed E-state index contributed by atoms with van der Waals surface area (Å²) < 4.78 is 27.6. The summed E-state index contributed by atoms with van der Waals surface area (Å²) in [5.74, 6) is 0.810. The molecular formula is C17H25N5O2S2. The third kappa shape index (κ3) is 4.33. The van der Waals surface area contributed by atoms with Crippen LogP contribution in [0.2, 0.25) is 0 Å². The van der Waals surface area contributed by atoms with Crippen LogP contribution in [0.15, 0.2) is 34.8 Å². The summed E-state index contributed by atoms with van der Waals surface area (Å²) >= 11 is 1.65. The van der Waals surface area contributed by atoms with Crippen LogP contribution >= 0.6 is 11.3 Å². The fourth-order valence-corrected chi connectivity index (χ4v) is 5.00. The quantitative estimate of drug-likeness (QED) is 0.775. The van der Waals surface area contributed by atoms with Gasteiger partial charge < -0.3 is 9.80 Å². The first-order valence-corrected chi connectivity index (χ1v) is 11.3. The lowest BCUT2D eigenvalue weighted by Crippen LogP contribution is -2.46. The molecule has 26 heavy (non-hydrogen) atoms. The van der Waals surface area contributed by atoms with Crippen molar-refractivity contribution in [3.8, 4) is 0 Å². The number of hydrogen-bond donors (Lipinski definition) is 1. The van der Waals surface area contributed by atoms with E-state index in [4.69, 9.17) is 0 Å². The van der Waals surface area contributed by atoms with Crippen molar-refractivity contribution in [2.75, 3.05) is 36.0 Å². The van der Waals surface area contributed by atoms with E-state index >= 15 is 0 Å². The van der Waals surface area contributed by atoms with Crippen LogP contribution < -0.4 is 14.5 Å². The standard InChI is InChI=1S/C17H25N5O2S2/c1-3-14(4-2)20-26(23,24)15-5-6-16(19-13-15)21-8-10-22(11-9-21)17-18-7-12-25-17/h5-7,12-14,20H,3-4,8-11H2,1-2H3. The number of nitrogens with zero attached hydrogens (tertiary/aromatic N) is 4. The van der Waals surface area contributed by atoms with Gasteiger partial charge >= 0.3 is 0 Å². The molecule has 0 amide bonds. The molecule has 142 valence electrons. The maximum absolute atomic E-state index is 12.4. The van der Waals surface area contributed by atoms with Gasteiger partial charge in [0.1, 0.15) is 10.7 Å². The van der Waals surface area contributed by atoms with Gasteiger partial charge in [-0.25, -0.2) is 23.1 Å². The number of piperazine rings is 1. The molecule has 3 rings (SSSR count). The van der Waals surface area contributed by atoms with E-state index in [0.717, 1.165) is 50.0 Å². The molecule has 0 aromatic carbocycles. The van der Waals surface area contributed by atoms with Gasteiger partial charge in [-0.2, -0.15) is 0 Å². The Bertz CT molecular complexity index is 781. The topological polar surface area (TPSA) is 78.4 Å². The molecule has 0 atom stereocenters. The van der Waals surface area contributed by atoms with Crippen LogP contribution in [0.1, 0.15) is 26.7 Å². The Labute approximate surface area is 159 Å². The van der Waals surface area contributed by atoms with E-state index in [0.29, 0.717) is 0 Å². The Balaban J connectivity index is 1.63. The number of anilines is 2. The average Bonchev–Trinajstić information content (AvgIpc) is 3.21. The number of pyridine rings is 1. The molecule has 7 nitrogen and oxygen atoms in total. The summed E-state index contributed by atoms with van der Waals surface area (Å²) in [5.41, 5.74) is 0. The van der Waals surface area contributed by atoms with Gasteiger partial charge in [-0.1, -0.05) is 13.8 Å². The van der Waals surface area contributed by atoms with Gasteiger partial charge in [-0.15, -0.1) is 11.3 Å². The minimum Gasteiger partial charge on any atom is -0.353 e. The average molecular weight is 396 g/mol. The predicted molar refractivity (Wildman–Crippen MR) is 105 cm³/mol. The number of sulfonamides is 1. The molecule has 0 bridgehead atoms. The van der Waals surface area contributed by atoms with E-state index in [1.54, 1.807) is 23.5 Å². The molecule has 1 saturated heterocycles. The fraction of sp³-hybridized carbons (Fsp3) is 0.529. The minimum atomic E-state index is -3.52. The SMILES string of the molecule is CCC(CC)NS(=O)(=O)c1ccc(N2CCN(c3nccs3)CC2)nc1. The predicted octanol–water partition coefficient (Wildman–Crippen LogP) is 2.33. The summed E-state index contributed by atoms with van der Waals surface area (Å²) in [6.07, 6.45) is 4.81. The molecule has 9 heteroatoms. The smallest absolute Gasteiger partial charge is 0.242 e. The highest BCUT2D eigenvalue weighted by molar-refractivity contribution is 7.89. The van der Waals surface area contributed by atoms with Crippen molar-refractivity contribution in [3.05, 3.63) is 29.9 Å². The largest absolute Gasteiger partial charge is 0.353 e. The van der Waals surface area contributed by atoms with Crippen molar-refractivity contribution in [2.24, 2.45) is 0 Å². The molecule has 3 heterocycles. The zero-order chi connectivity index (χ0) is 18.6. The van der Waals surface area contributed by atoms with Crippen LogP contribution in [0.5, 0.6) is 0 Å². The van der Waals surface area contributed by atoms with Gasteiger partial charge in [-0.05, 0) is 25.0 Å². The van der Waals surface area contributed by atoms with Gasteiger partial charge in [0.2, 0.25) is 10.0 Å². The lowest BCUT2D eigenvalue weighted by Gasteiger charge is -2.35. The lowest BCUT2D eigenvalue weighted by atomic mass is 10.2. The van der Waals surface area contributed by atoms with Crippen molar-refractivity contribution in [3.63, 3.8) is 0 Å². The van der Waals surface area contributed by atoms with Crippen LogP contribution in [0, 0.1) is 0 Å². The highest BCUT2D eigenvalue weighted by atomic mass is 32.2. The first-order valence-electron chi connectivity index (χ1n) is 8.91. The van der Waals surface area contributed by atoms with Crippen molar-refractivity contribution in [1.82, 2.24) is 14.7 Å². The van der Waals surface area contributed by atoms with Gasteiger partial charge in [0.05, 0.1) is 0 Å². The first kappa shape index (κ1) is 19.1. The molecule has 0 spiro atoms. The Hall–Kier alpha value is -1.71. The number of aromatic nitrogens is 2. The van der Waals surface area contributed by atoms with Gasteiger partial charge in [0.25, 0.3) is 0 Å². The van der Waals surface area contributed by atoms with Crippen molar-refractivity contribution < 1.29 is 8.42 Å². The lowest BCUT2D eigenvalue weighted by molar-refractivity contribution is 0.530. The molecule has 0 aliphatic carbocycles. The number of thiazole rings is 1. The van der Waals surface area contributed by atoms with E-state index in [1.165, 1.54) is 6.20 Å². The minimum absolute atomic E-state index is 0.0429. The van der Waals surface area contributed by atoms with E-state index in [1.807, 2.05) is 25.4 Å². The molecule has 0 radical (unpaired) electrons. The van der Waals surface area contributed by atoms with Crippen LogP contribution in [0.25, 0.3) is 0 Å². The maximum Gasteiger partial charge on any atom is 0.242 e. The number of hydrogen-bond acceptors (Lipinski definition) is 7. The monoisotopic (exact) mass is 395 g/mol. The second-order valence-corrected chi connectivity index (χ2v) is 8.86. The number of nitrogens with one attached hydrogen (secondary N) is 1. The molecule has 2 aromatic heterocycles. The molecular weight excluding hydrogens is 370 g/mol. The molecule has 1 aliphatic rings. The second-order valence-electron chi connectivity index (χ2n) is 6.28. The molecule has 1 fully saturated rings. The van der Waals surface area contributed by atoms with Gasteiger partial charge in [0.15, 0.2) is 5.13 Å². The molecule has 1 N–H and O–H groups in total. The van der Waals surface area contributed by atoms with Crippen LogP contribution in [-0.2, 0) is 10.0 Å². The van der Waals surface area contributed by atoms with Crippen LogP contribution in [0.4, 0.5) is 10.9 Å². The maximum atomic E-state index is 12.4. The van der Waals surface area contributed by atoms with E-state index in [-0.39, 0.29) is 10.9 Å². The zero-order valence-electron chi connectivity index (χ0n) is 15.1. The molecule has 1 aliphatic heterocycles. The van der Waals surface area contributed by atoms with E-state index < -0.39 is 10.0 Å². The summed E-state index contributed by atoms with van der Waals surface area (Å²) in [4.78, 5) is 13.4. The first-order chi connectivity index (χ1) is 12.5. The summed E-state index contributed by atoms with van der Waals surface area (Å²) in [5, 5.41) is 3.03. The van der Waals surface area contributed by atoms with E-state index in [9.17, 15) is 8.42 Å². The molecule has 2 aromatic rings. The van der Waals surface area contributed by atoms with Crippen LogP contribution in [-0.4, -0.2) is 50.6 Å². The van der Waals surface area contributed by atoms with Gasteiger partial charge in [-0.3, -0.25) is 0 Å². The Morgan fingerprint density at radius 1 is 1.12 bits per heavy atom. The number of rotatable bonds is 7. The summed E-state index contributed by atoms with van der Waals surface area (Å²) in [6, 6.07) is 3.39. The second kappa shape index (κ2) is 8.32. The highest BCUT2D eigenvalue weighted by Crippen LogP contribution is 2.21. The third-order valence-corrected chi connectivity index (χ3v) is 6.97. The van der Waals surface area contributed by atoms with E-state index in [2.05, 4.69) is 24.5 Å². The molecule has 0 saturated carbocycles. The summed E-state index contributed by atoms with van der Waals surface area (Å²) in [7, 11) is -3.52.